The second kappa shape index (κ2) is 9.71. The van der Waals surface area contributed by atoms with Gasteiger partial charge < -0.3 is 15.1 Å². The molecule has 1 aromatic rings. The SMILES string of the molecule is Cc1cccc(CN2CCN(CC(=O)NC3CCCCCCC3)C(=O)C2=O)c1. The van der Waals surface area contributed by atoms with Crippen molar-refractivity contribution in [2.24, 2.45) is 0 Å². The fourth-order valence-corrected chi connectivity index (χ4v) is 4.09. The van der Waals surface area contributed by atoms with E-state index in [1.54, 1.807) is 4.90 Å². The Bertz CT molecular complexity index is 711. The van der Waals surface area contributed by atoms with Crippen molar-refractivity contribution in [2.75, 3.05) is 19.6 Å². The van der Waals surface area contributed by atoms with Crippen LogP contribution >= 0.6 is 0 Å². The van der Waals surface area contributed by atoms with E-state index < -0.39 is 11.8 Å². The van der Waals surface area contributed by atoms with E-state index in [0.29, 0.717) is 19.6 Å². The number of nitrogens with zero attached hydrogens (tertiary/aromatic N) is 2. The van der Waals surface area contributed by atoms with Gasteiger partial charge in [-0.2, -0.15) is 0 Å². The number of nitrogens with one attached hydrogen (secondary N) is 1. The molecule has 1 heterocycles. The average Bonchev–Trinajstić information content (AvgIpc) is 2.64. The largest absolute Gasteiger partial charge is 0.352 e. The maximum Gasteiger partial charge on any atom is 0.312 e. The molecule has 2 fully saturated rings. The molecular formula is C22H31N3O3. The molecule has 0 atom stereocenters. The molecule has 1 aliphatic carbocycles. The topological polar surface area (TPSA) is 69.7 Å². The second-order valence-electron chi connectivity index (χ2n) is 8.05. The number of carbonyl (C=O) groups excluding carboxylic acids is 3. The van der Waals surface area contributed by atoms with Crippen LogP contribution in [0.5, 0.6) is 0 Å². The highest BCUT2D eigenvalue weighted by Crippen LogP contribution is 2.17. The van der Waals surface area contributed by atoms with Crippen LogP contribution in [-0.2, 0) is 20.9 Å². The van der Waals surface area contributed by atoms with Crippen molar-refractivity contribution >= 4 is 17.7 Å². The number of piperazine rings is 1. The number of hydrogen-bond acceptors (Lipinski definition) is 3. The number of aryl methyl sites for hydroxylation is 1. The minimum absolute atomic E-state index is 0.0284. The first-order valence-corrected chi connectivity index (χ1v) is 10.5. The Balaban J connectivity index is 1.50. The summed E-state index contributed by atoms with van der Waals surface area (Å²) in [6.07, 6.45) is 8.01. The van der Waals surface area contributed by atoms with Crippen LogP contribution < -0.4 is 5.32 Å². The van der Waals surface area contributed by atoms with Crippen LogP contribution in [0, 0.1) is 6.92 Å². The Morgan fingerprint density at radius 2 is 1.64 bits per heavy atom. The van der Waals surface area contributed by atoms with E-state index in [2.05, 4.69) is 5.32 Å². The van der Waals surface area contributed by atoms with Gasteiger partial charge in [0.15, 0.2) is 0 Å². The molecule has 1 aliphatic heterocycles. The van der Waals surface area contributed by atoms with Gasteiger partial charge in [-0.05, 0) is 25.3 Å². The zero-order chi connectivity index (χ0) is 19.9. The first kappa shape index (κ1) is 20.4. The van der Waals surface area contributed by atoms with Crippen LogP contribution in [0.3, 0.4) is 0 Å². The normalized spacial score (nSPS) is 19.3. The molecule has 0 radical (unpaired) electrons. The molecule has 0 bridgehead atoms. The van der Waals surface area contributed by atoms with E-state index in [0.717, 1.165) is 36.8 Å². The summed E-state index contributed by atoms with van der Waals surface area (Å²) < 4.78 is 0. The Kier molecular flexibility index (Phi) is 7.06. The van der Waals surface area contributed by atoms with Gasteiger partial charge in [0, 0.05) is 25.7 Å². The molecular weight excluding hydrogens is 354 g/mol. The second-order valence-corrected chi connectivity index (χ2v) is 8.05. The number of benzene rings is 1. The predicted octanol–water partition coefficient (Wildman–Crippen LogP) is 2.39. The lowest BCUT2D eigenvalue weighted by atomic mass is 9.97. The van der Waals surface area contributed by atoms with Crippen LogP contribution in [-0.4, -0.2) is 53.2 Å². The van der Waals surface area contributed by atoms with Crippen molar-refractivity contribution in [1.29, 1.82) is 0 Å². The summed E-state index contributed by atoms with van der Waals surface area (Å²) >= 11 is 0. The van der Waals surface area contributed by atoms with Crippen molar-refractivity contribution in [1.82, 2.24) is 15.1 Å². The van der Waals surface area contributed by atoms with Crippen molar-refractivity contribution in [2.45, 2.75) is 64.5 Å². The average molecular weight is 386 g/mol. The first-order chi connectivity index (χ1) is 13.5. The molecule has 1 saturated carbocycles. The molecule has 2 aliphatic rings. The predicted molar refractivity (Wildman–Crippen MR) is 107 cm³/mol. The summed E-state index contributed by atoms with van der Waals surface area (Å²) in [5.41, 5.74) is 2.14. The van der Waals surface area contributed by atoms with Crippen LogP contribution in [0.4, 0.5) is 0 Å². The summed E-state index contributed by atoms with van der Waals surface area (Å²) in [4.78, 5) is 40.3. The number of amides is 3. The van der Waals surface area contributed by atoms with Crippen LogP contribution in [0.15, 0.2) is 24.3 Å². The zero-order valence-corrected chi connectivity index (χ0v) is 16.8. The summed E-state index contributed by atoms with van der Waals surface area (Å²) in [6, 6.07) is 8.13. The molecule has 152 valence electrons. The molecule has 1 aromatic carbocycles. The van der Waals surface area contributed by atoms with Gasteiger partial charge in [-0.25, -0.2) is 0 Å². The minimum Gasteiger partial charge on any atom is -0.352 e. The summed E-state index contributed by atoms with van der Waals surface area (Å²) in [6.45, 7) is 3.25. The van der Waals surface area contributed by atoms with Gasteiger partial charge in [0.05, 0.1) is 0 Å². The highest BCUT2D eigenvalue weighted by molar-refractivity contribution is 6.35. The Morgan fingerprint density at radius 1 is 1.00 bits per heavy atom. The van der Waals surface area contributed by atoms with Crippen molar-refractivity contribution in [3.63, 3.8) is 0 Å². The van der Waals surface area contributed by atoms with E-state index in [9.17, 15) is 14.4 Å². The lowest BCUT2D eigenvalue weighted by molar-refractivity contribution is -0.157. The smallest absolute Gasteiger partial charge is 0.312 e. The maximum atomic E-state index is 12.5. The number of carbonyl (C=O) groups is 3. The van der Waals surface area contributed by atoms with E-state index in [4.69, 9.17) is 0 Å². The van der Waals surface area contributed by atoms with E-state index in [1.165, 1.54) is 24.2 Å². The van der Waals surface area contributed by atoms with Crippen molar-refractivity contribution in [3.05, 3.63) is 35.4 Å². The third-order valence-corrected chi connectivity index (χ3v) is 5.66. The summed E-state index contributed by atoms with van der Waals surface area (Å²) in [5, 5.41) is 3.07. The minimum atomic E-state index is -0.577. The Hall–Kier alpha value is -2.37. The molecule has 6 heteroatoms. The van der Waals surface area contributed by atoms with E-state index in [1.807, 2.05) is 31.2 Å². The monoisotopic (exact) mass is 385 g/mol. The van der Waals surface area contributed by atoms with Crippen molar-refractivity contribution in [3.8, 4) is 0 Å². The van der Waals surface area contributed by atoms with Gasteiger partial charge in [0.2, 0.25) is 5.91 Å². The Labute approximate surface area is 167 Å². The van der Waals surface area contributed by atoms with Gasteiger partial charge in [-0.3, -0.25) is 14.4 Å². The fraction of sp³-hybridized carbons (Fsp3) is 0.591. The first-order valence-electron chi connectivity index (χ1n) is 10.5. The maximum absolute atomic E-state index is 12.5. The molecule has 1 N–H and O–H groups in total. The standard InChI is InChI=1S/C22H31N3O3/c1-17-8-7-9-18(14-17)15-24-12-13-25(22(28)21(24)27)16-20(26)23-19-10-5-3-2-4-6-11-19/h7-9,14,19H,2-6,10-13,15-16H2,1H3,(H,23,26). The molecule has 0 unspecified atom stereocenters. The third-order valence-electron chi connectivity index (χ3n) is 5.66. The lowest BCUT2D eigenvalue weighted by Gasteiger charge is -2.33. The number of rotatable bonds is 5. The van der Waals surface area contributed by atoms with Crippen LogP contribution in [0.1, 0.15) is 56.1 Å². The van der Waals surface area contributed by atoms with Gasteiger partial charge >= 0.3 is 11.8 Å². The molecule has 1 saturated heterocycles. The van der Waals surface area contributed by atoms with Crippen molar-refractivity contribution < 1.29 is 14.4 Å². The van der Waals surface area contributed by atoms with E-state index >= 15 is 0 Å². The lowest BCUT2D eigenvalue weighted by Crippen LogP contribution is -2.56. The molecule has 3 amide bonds. The Morgan fingerprint density at radius 3 is 2.36 bits per heavy atom. The fourth-order valence-electron chi connectivity index (χ4n) is 4.09. The highest BCUT2D eigenvalue weighted by atomic mass is 16.2. The van der Waals surface area contributed by atoms with Gasteiger partial charge in [0.25, 0.3) is 0 Å². The summed E-state index contributed by atoms with van der Waals surface area (Å²) in [5.74, 6) is -1.25. The molecule has 3 rings (SSSR count). The van der Waals surface area contributed by atoms with E-state index in [-0.39, 0.29) is 18.5 Å². The molecule has 0 aromatic heterocycles. The quantitative estimate of drug-likeness (QED) is 0.792. The zero-order valence-electron chi connectivity index (χ0n) is 16.8. The highest BCUT2D eigenvalue weighted by Gasteiger charge is 2.33. The third kappa shape index (κ3) is 5.57. The van der Waals surface area contributed by atoms with Gasteiger partial charge in [-0.1, -0.05) is 61.9 Å². The molecule has 6 nitrogen and oxygen atoms in total. The summed E-state index contributed by atoms with van der Waals surface area (Å²) in [7, 11) is 0. The molecule has 0 spiro atoms. The van der Waals surface area contributed by atoms with Gasteiger partial charge in [-0.15, -0.1) is 0 Å². The van der Waals surface area contributed by atoms with Crippen LogP contribution in [0.2, 0.25) is 0 Å². The van der Waals surface area contributed by atoms with Gasteiger partial charge in [0.1, 0.15) is 6.54 Å². The molecule has 28 heavy (non-hydrogen) atoms. The van der Waals surface area contributed by atoms with Crippen LogP contribution in [0.25, 0.3) is 0 Å². The number of hydrogen-bond donors (Lipinski definition) is 1.